The highest BCUT2D eigenvalue weighted by molar-refractivity contribution is 6.31. The summed E-state index contributed by atoms with van der Waals surface area (Å²) in [7, 11) is 0. The van der Waals surface area contributed by atoms with Crippen molar-refractivity contribution in [2.45, 2.75) is 5.79 Å². The van der Waals surface area contributed by atoms with E-state index in [1.807, 2.05) is 0 Å². The monoisotopic (exact) mass is 266 g/mol. The molecule has 0 bridgehead atoms. The second-order valence-corrected chi connectivity index (χ2v) is 4.50. The van der Waals surface area contributed by atoms with Gasteiger partial charge in [0.25, 0.3) is 0 Å². The zero-order valence-electron chi connectivity index (χ0n) is 9.25. The van der Waals surface area contributed by atoms with E-state index in [1.54, 1.807) is 12.1 Å². The van der Waals surface area contributed by atoms with Crippen LogP contribution in [0.25, 0.3) is 0 Å². The molecule has 3 N–H and O–H groups in total. The van der Waals surface area contributed by atoms with Crippen LogP contribution in [0.4, 0.5) is 0 Å². The third-order valence-electron chi connectivity index (χ3n) is 2.67. The molecule has 18 heavy (non-hydrogen) atoms. The molecule has 5 heteroatoms. The molecule has 1 aromatic rings. The van der Waals surface area contributed by atoms with Crippen molar-refractivity contribution in [3.8, 4) is 0 Å². The summed E-state index contributed by atoms with van der Waals surface area (Å²) in [5.41, 5.74) is 0.277. The normalized spacial score (nSPS) is 21.5. The molecule has 1 unspecified atom stereocenters. The fourth-order valence-electron chi connectivity index (χ4n) is 1.79. The third-order valence-corrected chi connectivity index (χ3v) is 2.90. The van der Waals surface area contributed by atoms with Gasteiger partial charge >= 0.3 is 0 Å². The van der Waals surface area contributed by atoms with E-state index >= 15 is 0 Å². The van der Waals surface area contributed by atoms with E-state index in [2.05, 4.69) is 0 Å². The fourth-order valence-corrected chi connectivity index (χ4v) is 1.98. The van der Waals surface area contributed by atoms with Crippen LogP contribution in [-0.2, 0) is 0 Å². The zero-order valence-corrected chi connectivity index (χ0v) is 10.0. The number of rotatable bonds is 2. The summed E-state index contributed by atoms with van der Waals surface area (Å²) in [4.78, 5) is 12.1. The van der Waals surface area contributed by atoms with E-state index in [4.69, 9.17) is 11.6 Å². The maximum absolute atomic E-state index is 12.1. The summed E-state index contributed by atoms with van der Waals surface area (Å²) in [6.45, 7) is 0. The molecule has 1 aromatic carbocycles. The lowest BCUT2D eigenvalue weighted by atomic mass is 9.86. The van der Waals surface area contributed by atoms with E-state index in [0.29, 0.717) is 5.02 Å². The molecule has 0 heterocycles. The largest absolute Gasteiger partial charge is 0.508 e. The van der Waals surface area contributed by atoms with Crippen molar-refractivity contribution < 1.29 is 20.1 Å². The summed E-state index contributed by atoms with van der Waals surface area (Å²) >= 11 is 5.77. The summed E-state index contributed by atoms with van der Waals surface area (Å²) in [5.74, 6) is -4.36. The topological polar surface area (TPSA) is 77.8 Å². The molecule has 4 nitrogen and oxygen atoms in total. The molecule has 1 aliphatic carbocycles. The fraction of sp³-hybridized carbons (Fsp3) is 0.154. The van der Waals surface area contributed by atoms with Gasteiger partial charge in [0.15, 0.2) is 5.78 Å². The lowest BCUT2D eigenvalue weighted by Crippen LogP contribution is -2.41. The first-order valence-electron chi connectivity index (χ1n) is 5.25. The predicted octanol–water partition coefficient (Wildman–Crippen LogP) is 1.83. The molecule has 1 atom stereocenters. The van der Waals surface area contributed by atoms with E-state index < -0.39 is 17.5 Å². The first-order chi connectivity index (χ1) is 8.40. The molecule has 0 aliphatic heterocycles. The van der Waals surface area contributed by atoms with Crippen molar-refractivity contribution in [1.29, 1.82) is 0 Å². The average molecular weight is 267 g/mol. The summed E-state index contributed by atoms with van der Waals surface area (Å²) < 4.78 is 0. The SMILES string of the molecule is O=C(c1cccc(Cl)c1)C1C=CC(O)=CC1(O)O. The Labute approximate surface area is 108 Å². The number of carbonyl (C=O) groups excluding carboxylic acids is 1. The van der Waals surface area contributed by atoms with Gasteiger partial charge in [-0.15, -0.1) is 0 Å². The highest BCUT2D eigenvalue weighted by Gasteiger charge is 2.39. The molecule has 0 saturated carbocycles. The number of benzene rings is 1. The van der Waals surface area contributed by atoms with Gasteiger partial charge in [-0.05, 0) is 18.2 Å². The van der Waals surface area contributed by atoms with Crippen LogP contribution in [0, 0.1) is 5.92 Å². The van der Waals surface area contributed by atoms with Crippen LogP contribution in [0.5, 0.6) is 0 Å². The molecule has 1 aliphatic rings. The highest BCUT2D eigenvalue weighted by atomic mass is 35.5. The third kappa shape index (κ3) is 2.46. The van der Waals surface area contributed by atoms with Crippen molar-refractivity contribution >= 4 is 17.4 Å². The Kier molecular flexibility index (Phi) is 3.26. The van der Waals surface area contributed by atoms with Gasteiger partial charge in [0.1, 0.15) is 5.76 Å². The molecule has 0 amide bonds. The smallest absolute Gasteiger partial charge is 0.200 e. The zero-order chi connectivity index (χ0) is 13.3. The molecule has 0 fully saturated rings. The minimum atomic E-state index is -2.40. The van der Waals surface area contributed by atoms with Crippen molar-refractivity contribution in [2.75, 3.05) is 0 Å². The average Bonchev–Trinajstić information content (AvgIpc) is 2.27. The van der Waals surface area contributed by atoms with Gasteiger partial charge in [-0.25, -0.2) is 0 Å². The van der Waals surface area contributed by atoms with Crippen LogP contribution in [-0.4, -0.2) is 26.9 Å². The number of aliphatic hydroxyl groups is 3. The standard InChI is InChI=1S/C13H11ClO4/c14-9-3-1-2-8(6-9)12(16)11-5-4-10(15)7-13(11,17)18/h1-7,11,15,17-18H. The Balaban J connectivity index is 2.33. The first-order valence-corrected chi connectivity index (χ1v) is 5.62. The molecule has 94 valence electrons. The second-order valence-electron chi connectivity index (χ2n) is 4.06. The van der Waals surface area contributed by atoms with Crippen LogP contribution in [0.2, 0.25) is 5.02 Å². The molecule has 0 aromatic heterocycles. The number of hydrogen-bond donors (Lipinski definition) is 3. The van der Waals surface area contributed by atoms with Gasteiger partial charge in [0.2, 0.25) is 5.79 Å². The number of halogens is 1. The summed E-state index contributed by atoms with van der Waals surface area (Å²) in [5, 5.41) is 29.0. The second kappa shape index (κ2) is 4.57. The Morgan fingerprint density at radius 2 is 2.06 bits per heavy atom. The number of aliphatic hydroxyl groups excluding tert-OH is 1. The number of ketones is 1. The van der Waals surface area contributed by atoms with Crippen LogP contribution >= 0.6 is 11.6 Å². The predicted molar refractivity (Wildman–Crippen MR) is 66.3 cm³/mol. The van der Waals surface area contributed by atoms with Gasteiger partial charge in [0, 0.05) is 16.7 Å². The Bertz CT molecular complexity index is 546. The Hall–Kier alpha value is -1.62. The number of hydrogen-bond acceptors (Lipinski definition) is 4. The van der Waals surface area contributed by atoms with Gasteiger partial charge in [-0.2, -0.15) is 0 Å². The molecule has 0 spiro atoms. The van der Waals surface area contributed by atoms with Crippen molar-refractivity contribution in [3.05, 3.63) is 58.8 Å². The Morgan fingerprint density at radius 1 is 1.33 bits per heavy atom. The molecule has 0 saturated heterocycles. The lowest BCUT2D eigenvalue weighted by Gasteiger charge is -2.27. The summed E-state index contributed by atoms with van der Waals surface area (Å²) in [6.07, 6.45) is 3.32. The van der Waals surface area contributed by atoms with Gasteiger partial charge in [-0.3, -0.25) is 4.79 Å². The van der Waals surface area contributed by atoms with Gasteiger partial charge < -0.3 is 15.3 Å². The van der Waals surface area contributed by atoms with Gasteiger partial charge in [0.05, 0.1) is 5.92 Å². The van der Waals surface area contributed by atoms with Crippen molar-refractivity contribution in [2.24, 2.45) is 5.92 Å². The molecule has 2 rings (SSSR count). The van der Waals surface area contributed by atoms with E-state index in [9.17, 15) is 20.1 Å². The number of Topliss-reactive ketones (excluding diaryl/α,β-unsaturated/α-hetero) is 1. The molecule has 0 radical (unpaired) electrons. The van der Waals surface area contributed by atoms with Gasteiger partial charge in [-0.1, -0.05) is 29.8 Å². The maximum Gasteiger partial charge on any atom is 0.200 e. The molecular weight excluding hydrogens is 256 g/mol. The van der Waals surface area contributed by atoms with Crippen LogP contribution < -0.4 is 0 Å². The van der Waals surface area contributed by atoms with Crippen molar-refractivity contribution in [1.82, 2.24) is 0 Å². The Morgan fingerprint density at radius 3 is 2.67 bits per heavy atom. The highest BCUT2D eigenvalue weighted by Crippen LogP contribution is 2.28. The lowest BCUT2D eigenvalue weighted by molar-refractivity contribution is -0.138. The first kappa shape index (κ1) is 12.8. The van der Waals surface area contributed by atoms with E-state index in [0.717, 1.165) is 6.08 Å². The number of allylic oxidation sites excluding steroid dienone is 1. The van der Waals surface area contributed by atoms with Crippen LogP contribution in [0.1, 0.15) is 10.4 Å². The minimum absolute atomic E-state index is 0.277. The van der Waals surface area contributed by atoms with E-state index in [-0.39, 0.29) is 11.3 Å². The number of carbonyl (C=O) groups is 1. The van der Waals surface area contributed by atoms with Crippen molar-refractivity contribution in [3.63, 3.8) is 0 Å². The quantitative estimate of drug-likeness (QED) is 0.564. The molecular formula is C13H11ClO4. The van der Waals surface area contributed by atoms with Crippen LogP contribution in [0.15, 0.2) is 48.3 Å². The van der Waals surface area contributed by atoms with E-state index in [1.165, 1.54) is 24.3 Å². The summed E-state index contributed by atoms with van der Waals surface area (Å²) in [6, 6.07) is 6.21. The van der Waals surface area contributed by atoms with Crippen LogP contribution in [0.3, 0.4) is 0 Å². The maximum atomic E-state index is 12.1. The minimum Gasteiger partial charge on any atom is -0.508 e.